The standard InChI is InChI=1S/C55H76N4O5/c1-13-39-35(8)42-28-44-37(10)41(24-25-48(60)64-27-26-34(7)23-17-22-33(6)21-16-20-32(5)19-15-18-31(3)4)52(58-44)50-51(55(62)63-12)54(61)49-38(11)45(59-53(49)50)30-47-40(14-2)36(9)43(57-47)29-46(39)56-42/h13,26,28-33,37,41,52,56-59H,1,14-25,27H2,2-12H3/b34-26+,43-29-,44-28-,47-30-/t32-,33-,37+,41+,52?/m1/s1. The number of rotatable bonds is 20. The van der Waals surface area contributed by atoms with Crippen molar-refractivity contribution in [2.75, 3.05) is 13.7 Å². The number of aromatic nitrogens is 3. The van der Waals surface area contributed by atoms with Crippen molar-refractivity contribution >= 4 is 47.6 Å². The van der Waals surface area contributed by atoms with Crippen molar-refractivity contribution in [1.82, 2.24) is 20.3 Å². The molecular formula is C55H76N4O5. The maximum Gasteiger partial charge on any atom is 0.342 e. The number of Topliss-reactive ketones (excluding diaryl/α,β-unsaturated/α-hetero) is 1. The number of allylic oxidation sites excluding steroid dienone is 2. The Balaban J connectivity index is 1.20. The predicted octanol–water partition coefficient (Wildman–Crippen LogP) is 10.9. The van der Waals surface area contributed by atoms with Gasteiger partial charge < -0.3 is 29.7 Å². The van der Waals surface area contributed by atoms with Gasteiger partial charge in [0.2, 0.25) is 5.78 Å². The van der Waals surface area contributed by atoms with Gasteiger partial charge in [-0.3, -0.25) is 9.59 Å². The van der Waals surface area contributed by atoms with E-state index in [1.165, 1.54) is 63.2 Å². The molecule has 6 rings (SSSR count). The van der Waals surface area contributed by atoms with Crippen LogP contribution in [-0.4, -0.2) is 52.4 Å². The molecule has 3 aromatic heterocycles. The van der Waals surface area contributed by atoms with E-state index in [0.717, 1.165) is 92.7 Å². The average molecular weight is 873 g/mol. The van der Waals surface area contributed by atoms with Gasteiger partial charge in [-0.05, 0) is 124 Å². The number of methoxy groups -OCH3 is 1. The van der Waals surface area contributed by atoms with Crippen LogP contribution in [0, 0.1) is 50.4 Å². The van der Waals surface area contributed by atoms with Crippen molar-refractivity contribution in [3.8, 4) is 0 Å². The molecule has 4 N–H and O–H groups in total. The second-order valence-electron chi connectivity index (χ2n) is 19.7. The topological polar surface area (TPSA) is 129 Å². The number of nitrogens with one attached hydrogen (secondary N) is 4. The van der Waals surface area contributed by atoms with Crippen molar-refractivity contribution < 1.29 is 23.9 Å². The van der Waals surface area contributed by atoms with Gasteiger partial charge in [-0.15, -0.1) is 0 Å². The molecule has 5 atom stereocenters. The molecular weight excluding hydrogens is 797 g/mol. The number of aromatic amines is 3. The molecule has 64 heavy (non-hydrogen) atoms. The molecule has 1 aliphatic carbocycles. The number of hydrogen-bond donors (Lipinski definition) is 4. The number of carbonyl (C=O) groups is 3. The summed E-state index contributed by atoms with van der Waals surface area (Å²) in [5, 5.41) is 5.72. The van der Waals surface area contributed by atoms with Gasteiger partial charge in [0, 0.05) is 57.0 Å². The zero-order valence-corrected chi connectivity index (χ0v) is 40.8. The molecule has 3 aromatic rings. The van der Waals surface area contributed by atoms with E-state index in [4.69, 9.17) is 9.47 Å². The Bertz CT molecular complexity index is 2450. The molecule has 8 bridgehead atoms. The summed E-state index contributed by atoms with van der Waals surface area (Å²) in [5.41, 5.74) is 11.8. The maximum atomic E-state index is 14.4. The summed E-state index contributed by atoms with van der Waals surface area (Å²) in [6.45, 7) is 26.4. The quantitative estimate of drug-likeness (QED) is 0.0508. The Morgan fingerprint density at radius 3 is 2.14 bits per heavy atom. The summed E-state index contributed by atoms with van der Waals surface area (Å²) in [4.78, 5) is 52.4. The minimum atomic E-state index is -0.669. The van der Waals surface area contributed by atoms with Crippen LogP contribution in [0.15, 0.2) is 29.5 Å². The Kier molecular flexibility index (Phi) is 16.1. The summed E-state index contributed by atoms with van der Waals surface area (Å²) in [6.07, 6.45) is 23.1. The normalized spacial score (nSPS) is 20.9. The Hall–Kier alpha value is -5.05. The molecule has 346 valence electrons. The van der Waals surface area contributed by atoms with Gasteiger partial charge in [0.15, 0.2) is 0 Å². The largest absolute Gasteiger partial charge is 0.465 e. The molecule has 0 saturated carbocycles. The summed E-state index contributed by atoms with van der Waals surface area (Å²) in [5.74, 6) is 0.836. The summed E-state index contributed by atoms with van der Waals surface area (Å²) in [7, 11) is 1.31. The Morgan fingerprint density at radius 2 is 1.48 bits per heavy atom. The summed E-state index contributed by atoms with van der Waals surface area (Å²) in [6, 6.07) is -0.472. The first-order valence-electron chi connectivity index (χ1n) is 24.2. The maximum absolute atomic E-state index is 14.4. The van der Waals surface area contributed by atoms with E-state index in [0.29, 0.717) is 23.3 Å². The SMILES string of the molecule is C=Cc1c2[nH]c(c1C)/C=C1\NC(C3=C(C(=O)OC)C(=O)c4c3[nH]c(c4C)/C=c3\[nH]/c(c(C)c3CC)=C\2)[C@@H](CCC(=O)OC/C=C(\C)CCC[C@H](C)CCC[C@H](C)CCCC(C)C)[C@@H]1C. The van der Waals surface area contributed by atoms with Crippen molar-refractivity contribution in [3.05, 3.63) is 96.4 Å². The molecule has 0 amide bonds. The van der Waals surface area contributed by atoms with E-state index < -0.39 is 12.0 Å². The molecule has 1 unspecified atom stereocenters. The van der Waals surface area contributed by atoms with Crippen molar-refractivity contribution in [1.29, 1.82) is 0 Å². The van der Waals surface area contributed by atoms with Crippen molar-refractivity contribution in [2.24, 2.45) is 29.6 Å². The van der Waals surface area contributed by atoms with E-state index in [9.17, 15) is 14.4 Å². The molecule has 3 aliphatic rings. The van der Waals surface area contributed by atoms with Gasteiger partial charge in [0.05, 0.1) is 24.4 Å². The van der Waals surface area contributed by atoms with E-state index >= 15 is 0 Å². The molecule has 0 spiro atoms. The molecule has 1 fully saturated rings. The lowest BCUT2D eigenvalue weighted by atomic mass is 9.82. The highest BCUT2D eigenvalue weighted by Crippen LogP contribution is 2.46. The van der Waals surface area contributed by atoms with Gasteiger partial charge in [0.1, 0.15) is 12.2 Å². The highest BCUT2D eigenvalue weighted by Gasteiger charge is 2.47. The fraction of sp³-hybridized carbons (Fsp3) is 0.545. The number of H-pyrrole nitrogens is 3. The van der Waals surface area contributed by atoms with Crippen LogP contribution in [0.1, 0.15) is 180 Å². The number of ether oxygens (including phenoxy) is 2. The van der Waals surface area contributed by atoms with Crippen molar-refractivity contribution in [2.45, 2.75) is 152 Å². The van der Waals surface area contributed by atoms with E-state index in [2.05, 4.69) is 107 Å². The summed E-state index contributed by atoms with van der Waals surface area (Å²) >= 11 is 0. The fourth-order valence-corrected chi connectivity index (χ4v) is 10.5. The van der Waals surface area contributed by atoms with Gasteiger partial charge in [-0.25, -0.2) is 4.79 Å². The van der Waals surface area contributed by atoms with Gasteiger partial charge in [0.25, 0.3) is 0 Å². The smallest absolute Gasteiger partial charge is 0.342 e. The monoisotopic (exact) mass is 873 g/mol. The van der Waals surface area contributed by atoms with Crippen LogP contribution in [-0.2, 0) is 25.5 Å². The molecule has 5 heterocycles. The van der Waals surface area contributed by atoms with Crippen LogP contribution in [0.25, 0.3) is 29.9 Å². The second-order valence-corrected chi connectivity index (χ2v) is 19.7. The molecule has 1 saturated heterocycles. The average Bonchev–Trinajstić information content (AvgIpc) is 3.99. The Morgan fingerprint density at radius 1 is 0.828 bits per heavy atom. The molecule has 9 nitrogen and oxygen atoms in total. The summed E-state index contributed by atoms with van der Waals surface area (Å²) < 4.78 is 11.1. The third-order valence-electron chi connectivity index (χ3n) is 14.6. The predicted molar refractivity (Wildman–Crippen MR) is 262 cm³/mol. The molecule has 9 heteroatoms. The Labute approximate surface area is 382 Å². The zero-order chi connectivity index (χ0) is 46.4. The van der Waals surface area contributed by atoms with E-state index in [1.54, 1.807) is 0 Å². The number of ketones is 1. The van der Waals surface area contributed by atoms with Gasteiger partial charge in [-0.1, -0.05) is 105 Å². The van der Waals surface area contributed by atoms with Crippen LogP contribution in [0.5, 0.6) is 0 Å². The first-order valence-corrected chi connectivity index (χ1v) is 24.2. The molecule has 0 aromatic carbocycles. The first-order chi connectivity index (χ1) is 30.6. The third kappa shape index (κ3) is 10.6. The highest BCUT2D eigenvalue weighted by atomic mass is 16.5. The van der Waals surface area contributed by atoms with E-state index in [-0.39, 0.29) is 42.2 Å². The lowest BCUT2D eigenvalue weighted by molar-refractivity contribution is -0.142. The number of hydrogen-bond acceptors (Lipinski definition) is 6. The lowest BCUT2D eigenvalue weighted by Gasteiger charge is -2.23. The minimum absolute atomic E-state index is 0.0318. The van der Waals surface area contributed by atoms with Crippen molar-refractivity contribution in [3.63, 3.8) is 0 Å². The third-order valence-corrected chi connectivity index (χ3v) is 14.6. The number of carbonyl (C=O) groups excluding carboxylic acids is 3. The van der Waals surface area contributed by atoms with Crippen LogP contribution in [0.2, 0.25) is 0 Å². The van der Waals surface area contributed by atoms with Crippen LogP contribution < -0.4 is 16.0 Å². The number of esters is 2. The van der Waals surface area contributed by atoms with Crippen LogP contribution >= 0.6 is 0 Å². The zero-order valence-electron chi connectivity index (χ0n) is 40.8. The highest BCUT2D eigenvalue weighted by molar-refractivity contribution is 6.34. The van der Waals surface area contributed by atoms with E-state index in [1.807, 2.05) is 19.1 Å². The minimum Gasteiger partial charge on any atom is -0.465 e. The van der Waals surface area contributed by atoms with Crippen LogP contribution in [0.4, 0.5) is 0 Å². The second kappa shape index (κ2) is 21.3. The van der Waals surface area contributed by atoms with Crippen LogP contribution in [0.3, 0.4) is 0 Å². The first kappa shape index (κ1) is 48.4. The fourth-order valence-electron chi connectivity index (χ4n) is 10.5. The van der Waals surface area contributed by atoms with Gasteiger partial charge in [-0.2, -0.15) is 0 Å². The van der Waals surface area contributed by atoms with Gasteiger partial charge >= 0.3 is 11.9 Å². The number of fused-ring (bicyclic) bond motifs is 8. The lowest BCUT2D eigenvalue weighted by Crippen LogP contribution is -2.31. The molecule has 2 aliphatic heterocycles. The molecule has 0 radical (unpaired) electrons.